The lowest BCUT2D eigenvalue weighted by atomic mass is 10.2. The van der Waals surface area contributed by atoms with Gasteiger partial charge in [-0.05, 0) is 25.1 Å². The van der Waals surface area contributed by atoms with Crippen molar-refractivity contribution in [2.75, 3.05) is 0 Å². The molecule has 0 aliphatic carbocycles. The van der Waals surface area contributed by atoms with Crippen LogP contribution in [0.25, 0.3) is 17.0 Å². The molecule has 2 heterocycles. The maximum Gasteiger partial charge on any atom is 0.336 e. The van der Waals surface area contributed by atoms with E-state index in [0.29, 0.717) is 5.75 Å². The molecule has 100 valence electrons. The Hall–Kier alpha value is -2.47. The number of hydrogen-bond donors (Lipinski definition) is 1. The van der Waals surface area contributed by atoms with Crippen molar-refractivity contribution in [1.82, 2.24) is 15.2 Å². The van der Waals surface area contributed by atoms with Crippen LogP contribution in [-0.4, -0.2) is 21.2 Å². The summed E-state index contributed by atoms with van der Waals surface area (Å²) in [6.07, 6.45) is 4.72. The minimum absolute atomic E-state index is 0.436. The summed E-state index contributed by atoms with van der Waals surface area (Å²) in [4.78, 5) is 15.9. The minimum atomic E-state index is -0.436. The van der Waals surface area contributed by atoms with E-state index < -0.39 is 5.97 Å². The molecule has 0 amide bonds. The van der Waals surface area contributed by atoms with E-state index in [-0.39, 0.29) is 0 Å². The number of aromatic nitrogens is 3. The smallest absolute Gasteiger partial charge is 0.336 e. The Morgan fingerprint density at radius 3 is 3.15 bits per heavy atom. The van der Waals surface area contributed by atoms with Crippen LogP contribution in [0.4, 0.5) is 0 Å². The van der Waals surface area contributed by atoms with Gasteiger partial charge >= 0.3 is 5.97 Å². The van der Waals surface area contributed by atoms with Crippen LogP contribution in [0.3, 0.4) is 0 Å². The van der Waals surface area contributed by atoms with E-state index in [9.17, 15) is 4.79 Å². The summed E-state index contributed by atoms with van der Waals surface area (Å²) in [6.45, 7) is 1.92. The second-order valence-corrected chi connectivity index (χ2v) is 5.23. The van der Waals surface area contributed by atoms with Crippen LogP contribution in [-0.2, 0) is 4.79 Å². The summed E-state index contributed by atoms with van der Waals surface area (Å²) in [5.74, 6) is 0.0420. The van der Waals surface area contributed by atoms with Crippen molar-refractivity contribution in [3.05, 3.63) is 46.6 Å². The Labute approximate surface area is 118 Å². The standard InChI is InChI=1S/C14H11N3O2S/c1-9-16-11(8-20-9)3-5-14(18)19-12-4-2-10-7-15-17-13(10)6-12/h2-8H,1H3,(H,15,17)/b5-3-. The molecule has 0 bridgehead atoms. The Morgan fingerprint density at radius 1 is 1.45 bits per heavy atom. The average Bonchev–Trinajstić information content (AvgIpc) is 3.04. The summed E-state index contributed by atoms with van der Waals surface area (Å²) in [5.41, 5.74) is 1.59. The molecule has 20 heavy (non-hydrogen) atoms. The Kier molecular flexibility index (Phi) is 3.30. The number of fused-ring (bicyclic) bond motifs is 1. The van der Waals surface area contributed by atoms with E-state index in [1.807, 2.05) is 18.4 Å². The quantitative estimate of drug-likeness (QED) is 0.456. The van der Waals surface area contributed by atoms with Gasteiger partial charge in [0, 0.05) is 22.9 Å². The molecule has 3 aromatic rings. The summed E-state index contributed by atoms with van der Waals surface area (Å²) in [7, 11) is 0. The van der Waals surface area contributed by atoms with Gasteiger partial charge in [0.05, 0.1) is 22.4 Å². The lowest BCUT2D eigenvalue weighted by molar-refractivity contribution is -0.128. The summed E-state index contributed by atoms with van der Waals surface area (Å²) >= 11 is 1.54. The summed E-state index contributed by atoms with van der Waals surface area (Å²) in [5, 5.41) is 10.6. The molecule has 3 rings (SSSR count). The maximum absolute atomic E-state index is 11.7. The SMILES string of the molecule is Cc1nc(/C=C\C(=O)Oc2ccc3cn[nH]c3c2)cs1. The first-order chi connectivity index (χ1) is 9.70. The first-order valence-electron chi connectivity index (χ1n) is 5.96. The van der Waals surface area contributed by atoms with Crippen molar-refractivity contribution in [1.29, 1.82) is 0 Å². The van der Waals surface area contributed by atoms with E-state index in [2.05, 4.69) is 15.2 Å². The molecule has 1 aromatic carbocycles. The molecule has 2 aromatic heterocycles. The molecule has 0 radical (unpaired) electrons. The molecule has 0 aliphatic heterocycles. The number of H-pyrrole nitrogens is 1. The zero-order valence-corrected chi connectivity index (χ0v) is 11.5. The van der Waals surface area contributed by atoms with E-state index in [1.165, 1.54) is 17.4 Å². The first-order valence-corrected chi connectivity index (χ1v) is 6.84. The highest BCUT2D eigenvalue weighted by Gasteiger charge is 2.03. The maximum atomic E-state index is 11.7. The minimum Gasteiger partial charge on any atom is -0.423 e. The zero-order valence-electron chi connectivity index (χ0n) is 10.7. The number of carbonyl (C=O) groups excluding carboxylic acids is 1. The normalized spacial score (nSPS) is 11.2. The predicted octanol–water partition coefficient (Wildman–Crippen LogP) is 2.95. The molecule has 0 saturated carbocycles. The van der Waals surface area contributed by atoms with Crippen LogP contribution in [0.1, 0.15) is 10.7 Å². The molecule has 0 saturated heterocycles. The van der Waals surface area contributed by atoms with Crippen molar-refractivity contribution in [2.24, 2.45) is 0 Å². The van der Waals surface area contributed by atoms with E-state index >= 15 is 0 Å². The van der Waals surface area contributed by atoms with Crippen molar-refractivity contribution >= 4 is 34.3 Å². The van der Waals surface area contributed by atoms with Crippen molar-refractivity contribution < 1.29 is 9.53 Å². The monoisotopic (exact) mass is 285 g/mol. The van der Waals surface area contributed by atoms with Gasteiger partial charge in [-0.2, -0.15) is 5.10 Å². The highest BCUT2D eigenvalue weighted by Crippen LogP contribution is 2.18. The number of carbonyl (C=O) groups is 1. The molecular weight excluding hydrogens is 274 g/mol. The third kappa shape index (κ3) is 2.75. The van der Waals surface area contributed by atoms with Gasteiger partial charge in [0.1, 0.15) is 5.75 Å². The van der Waals surface area contributed by atoms with E-state index in [0.717, 1.165) is 21.6 Å². The largest absolute Gasteiger partial charge is 0.423 e. The van der Waals surface area contributed by atoms with Crippen LogP contribution >= 0.6 is 11.3 Å². The van der Waals surface area contributed by atoms with Crippen LogP contribution in [0.15, 0.2) is 35.9 Å². The molecule has 0 aliphatic rings. The topological polar surface area (TPSA) is 67.9 Å². The van der Waals surface area contributed by atoms with E-state index in [1.54, 1.807) is 24.4 Å². The van der Waals surface area contributed by atoms with Gasteiger partial charge in [0.2, 0.25) is 0 Å². The molecular formula is C14H11N3O2S. The van der Waals surface area contributed by atoms with Gasteiger partial charge < -0.3 is 4.74 Å². The molecule has 1 N–H and O–H groups in total. The fraction of sp³-hybridized carbons (Fsp3) is 0.0714. The number of aryl methyl sites for hydroxylation is 1. The number of rotatable bonds is 3. The number of thiazole rings is 1. The van der Waals surface area contributed by atoms with Crippen LogP contribution in [0, 0.1) is 6.92 Å². The van der Waals surface area contributed by atoms with Gasteiger partial charge in [-0.25, -0.2) is 9.78 Å². The number of ether oxygens (including phenoxy) is 1. The number of hydrogen-bond acceptors (Lipinski definition) is 5. The average molecular weight is 285 g/mol. The molecule has 6 heteroatoms. The van der Waals surface area contributed by atoms with Gasteiger partial charge in [0.15, 0.2) is 0 Å². The van der Waals surface area contributed by atoms with Crippen LogP contribution in [0.5, 0.6) is 5.75 Å². The number of esters is 1. The molecule has 5 nitrogen and oxygen atoms in total. The number of benzene rings is 1. The van der Waals surface area contributed by atoms with Crippen molar-refractivity contribution in [3.8, 4) is 5.75 Å². The number of nitrogens with one attached hydrogen (secondary N) is 1. The lowest BCUT2D eigenvalue weighted by Crippen LogP contribution is -2.03. The van der Waals surface area contributed by atoms with Gasteiger partial charge in [-0.1, -0.05) is 0 Å². The fourth-order valence-electron chi connectivity index (χ4n) is 1.74. The van der Waals surface area contributed by atoms with Gasteiger partial charge in [-0.3, -0.25) is 5.10 Å². The van der Waals surface area contributed by atoms with Crippen LogP contribution < -0.4 is 4.74 Å². The zero-order chi connectivity index (χ0) is 13.9. The van der Waals surface area contributed by atoms with Gasteiger partial charge in [-0.15, -0.1) is 11.3 Å². The first kappa shape index (κ1) is 12.6. The number of nitrogens with zero attached hydrogens (tertiary/aromatic N) is 2. The molecule has 0 atom stereocenters. The lowest BCUT2D eigenvalue weighted by Gasteiger charge is -2.00. The van der Waals surface area contributed by atoms with E-state index in [4.69, 9.17) is 4.74 Å². The molecule has 0 unspecified atom stereocenters. The van der Waals surface area contributed by atoms with Gasteiger partial charge in [0.25, 0.3) is 0 Å². The van der Waals surface area contributed by atoms with Crippen molar-refractivity contribution in [2.45, 2.75) is 6.92 Å². The molecule has 0 spiro atoms. The second-order valence-electron chi connectivity index (χ2n) is 4.16. The Morgan fingerprint density at radius 2 is 2.35 bits per heavy atom. The predicted molar refractivity (Wildman–Crippen MR) is 77.6 cm³/mol. The highest BCUT2D eigenvalue weighted by atomic mass is 32.1. The fourth-order valence-corrected chi connectivity index (χ4v) is 2.32. The third-order valence-electron chi connectivity index (χ3n) is 2.66. The summed E-state index contributed by atoms with van der Waals surface area (Å²) in [6, 6.07) is 5.31. The van der Waals surface area contributed by atoms with Crippen LogP contribution in [0.2, 0.25) is 0 Å². The third-order valence-corrected chi connectivity index (χ3v) is 3.45. The summed E-state index contributed by atoms with van der Waals surface area (Å²) < 4.78 is 5.22. The molecule has 0 fully saturated rings. The number of aromatic amines is 1. The Balaban J connectivity index is 1.70. The second kappa shape index (κ2) is 5.26. The highest BCUT2D eigenvalue weighted by molar-refractivity contribution is 7.09. The Bertz CT molecular complexity index is 788. The van der Waals surface area contributed by atoms with Crippen molar-refractivity contribution in [3.63, 3.8) is 0 Å².